The minimum atomic E-state index is -0.359. The first-order valence-electron chi connectivity index (χ1n) is 8.77. The molecule has 4 aromatic rings. The molecule has 0 aliphatic rings. The smallest absolute Gasteiger partial charge is 0.146 e. The maximum absolute atomic E-state index is 10.6. The number of imidazole rings is 1. The second-order valence-corrected chi connectivity index (χ2v) is 7.43. The van der Waals surface area contributed by atoms with E-state index in [1.54, 1.807) is 10.8 Å². The van der Waals surface area contributed by atoms with Gasteiger partial charge in [-0.25, -0.2) is 4.98 Å². The molecular formula is C21H22N4O2. The van der Waals surface area contributed by atoms with Gasteiger partial charge in [0, 0.05) is 0 Å². The molecule has 138 valence electrons. The van der Waals surface area contributed by atoms with E-state index in [-0.39, 0.29) is 11.4 Å². The first-order chi connectivity index (χ1) is 12.8. The van der Waals surface area contributed by atoms with Gasteiger partial charge >= 0.3 is 0 Å². The summed E-state index contributed by atoms with van der Waals surface area (Å²) in [5.74, 6) is 1.65. The normalized spacial score (nSPS) is 11.8. The van der Waals surface area contributed by atoms with Crippen LogP contribution in [0.1, 0.15) is 20.8 Å². The molecule has 0 bridgehead atoms. The largest absolute Gasteiger partial charge is 0.505 e. The van der Waals surface area contributed by atoms with Gasteiger partial charge in [0.1, 0.15) is 34.3 Å². The number of nitrogens with zero attached hydrogens (tertiary/aromatic N) is 2. The number of aromatic amines is 1. The monoisotopic (exact) mass is 362 g/mol. The Balaban J connectivity index is 1.85. The average molecular weight is 362 g/mol. The van der Waals surface area contributed by atoms with E-state index in [4.69, 9.17) is 10.5 Å². The summed E-state index contributed by atoms with van der Waals surface area (Å²) in [6.45, 7) is 5.96. The van der Waals surface area contributed by atoms with E-state index < -0.39 is 0 Å². The Morgan fingerprint density at radius 2 is 1.78 bits per heavy atom. The van der Waals surface area contributed by atoms with Crippen molar-refractivity contribution >= 4 is 16.9 Å². The maximum atomic E-state index is 10.6. The van der Waals surface area contributed by atoms with Crippen molar-refractivity contribution in [3.05, 3.63) is 54.7 Å². The van der Waals surface area contributed by atoms with Crippen molar-refractivity contribution in [3.8, 4) is 28.6 Å². The number of para-hydroxylation sites is 4. The van der Waals surface area contributed by atoms with Crippen molar-refractivity contribution in [1.29, 1.82) is 0 Å². The number of hydrogen-bond acceptors (Lipinski definition) is 4. The third-order valence-electron chi connectivity index (χ3n) is 4.19. The van der Waals surface area contributed by atoms with Crippen molar-refractivity contribution in [1.82, 2.24) is 14.5 Å². The van der Waals surface area contributed by atoms with E-state index >= 15 is 0 Å². The highest BCUT2D eigenvalue weighted by atomic mass is 16.5. The molecule has 0 unspecified atom stereocenters. The molecule has 0 spiro atoms. The number of H-pyrrole nitrogens is 1. The molecule has 6 nitrogen and oxygen atoms in total. The molecular weight excluding hydrogens is 340 g/mol. The fourth-order valence-corrected chi connectivity index (χ4v) is 3.09. The van der Waals surface area contributed by atoms with Gasteiger partial charge in [-0.1, -0.05) is 24.3 Å². The average Bonchev–Trinajstić information content (AvgIpc) is 3.14. The summed E-state index contributed by atoms with van der Waals surface area (Å²) >= 11 is 0. The standard InChI is InChI=1S/C21H22N4O2/c1-21(2,3)27-17-11-7-6-10-15(17)25-12-16(26)18(19(25)22)20-23-13-8-4-5-9-14(13)24-20/h4-12,26H,22H2,1-3H3,(H,23,24). The molecule has 0 fully saturated rings. The fraction of sp³-hybridized carbons (Fsp3) is 0.190. The van der Waals surface area contributed by atoms with Crippen LogP contribution in [0, 0.1) is 0 Å². The lowest BCUT2D eigenvalue weighted by molar-refractivity contribution is 0.130. The van der Waals surface area contributed by atoms with Crippen molar-refractivity contribution in [2.75, 3.05) is 5.73 Å². The molecule has 2 aromatic carbocycles. The Morgan fingerprint density at radius 3 is 2.52 bits per heavy atom. The highest BCUT2D eigenvalue weighted by Crippen LogP contribution is 2.39. The Hall–Kier alpha value is -3.41. The van der Waals surface area contributed by atoms with E-state index in [0.29, 0.717) is 23.0 Å². The summed E-state index contributed by atoms with van der Waals surface area (Å²) in [5, 5.41) is 10.6. The Bertz CT molecular complexity index is 1090. The molecule has 2 heterocycles. The number of fused-ring (bicyclic) bond motifs is 1. The Morgan fingerprint density at radius 1 is 1.07 bits per heavy atom. The number of nitrogens with two attached hydrogens (primary N) is 1. The highest BCUT2D eigenvalue weighted by molar-refractivity contribution is 5.85. The van der Waals surface area contributed by atoms with E-state index in [1.165, 1.54) is 0 Å². The Labute approximate surface area is 157 Å². The third-order valence-corrected chi connectivity index (χ3v) is 4.19. The summed E-state index contributed by atoms with van der Waals surface area (Å²) in [6.07, 6.45) is 1.59. The third kappa shape index (κ3) is 3.10. The van der Waals surface area contributed by atoms with E-state index in [1.807, 2.05) is 69.3 Å². The van der Waals surface area contributed by atoms with E-state index in [9.17, 15) is 5.11 Å². The predicted octanol–water partition coefficient (Wildman–Crippen LogP) is 4.49. The summed E-state index contributed by atoms with van der Waals surface area (Å²) in [6, 6.07) is 15.3. The van der Waals surface area contributed by atoms with Gasteiger partial charge in [-0.05, 0) is 45.0 Å². The molecule has 27 heavy (non-hydrogen) atoms. The zero-order valence-corrected chi connectivity index (χ0v) is 15.5. The number of nitrogens with one attached hydrogen (secondary N) is 1. The van der Waals surface area contributed by atoms with Crippen LogP contribution in [-0.4, -0.2) is 25.2 Å². The number of rotatable bonds is 3. The van der Waals surface area contributed by atoms with Gasteiger partial charge in [0.05, 0.1) is 22.9 Å². The molecule has 0 saturated heterocycles. The zero-order valence-electron chi connectivity index (χ0n) is 15.5. The lowest BCUT2D eigenvalue weighted by Crippen LogP contribution is -2.23. The number of aromatic hydroxyl groups is 1. The van der Waals surface area contributed by atoms with E-state index in [0.717, 1.165) is 16.7 Å². The molecule has 4 N–H and O–H groups in total. The quantitative estimate of drug-likeness (QED) is 0.501. The minimum absolute atomic E-state index is 0.0529. The van der Waals surface area contributed by atoms with Gasteiger partial charge in [0.25, 0.3) is 0 Å². The molecule has 0 amide bonds. The van der Waals surface area contributed by atoms with Crippen LogP contribution in [0.25, 0.3) is 28.1 Å². The second kappa shape index (κ2) is 6.09. The van der Waals surface area contributed by atoms with Crippen LogP contribution in [0.3, 0.4) is 0 Å². The molecule has 6 heteroatoms. The number of aromatic nitrogens is 3. The molecule has 0 saturated carbocycles. The summed E-state index contributed by atoms with van der Waals surface area (Å²) in [5.41, 5.74) is 8.97. The SMILES string of the molecule is CC(C)(C)Oc1ccccc1-n1cc(O)c(-c2nc3ccccc3[nH]2)c1N. The van der Waals surface area contributed by atoms with Crippen molar-refractivity contribution in [2.24, 2.45) is 0 Å². The van der Waals surface area contributed by atoms with Crippen molar-refractivity contribution in [2.45, 2.75) is 26.4 Å². The van der Waals surface area contributed by atoms with Gasteiger partial charge in [-0.2, -0.15) is 0 Å². The number of ether oxygens (including phenoxy) is 1. The van der Waals surface area contributed by atoms with Crippen LogP contribution >= 0.6 is 0 Å². The highest BCUT2D eigenvalue weighted by Gasteiger charge is 2.22. The molecule has 4 rings (SSSR count). The van der Waals surface area contributed by atoms with E-state index in [2.05, 4.69) is 9.97 Å². The van der Waals surface area contributed by atoms with Gasteiger partial charge in [-0.3, -0.25) is 4.57 Å². The number of hydrogen-bond donors (Lipinski definition) is 3. The first-order valence-corrected chi connectivity index (χ1v) is 8.77. The molecule has 0 aliphatic carbocycles. The van der Waals surface area contributed by atoms with Crippen LogP contribution < -0.4 is 10.5 Å². The Kier molecular flexibility index (Phi) is 3.84. The molecule has 0 atom stereocenters. The van der Waals surface area contributed by atoms with Crippen LogP contribution in [0.15, 0.2) is 54.7 Å². The van der Waals surface area contributed by atoms with Gasteiger partial charge < -0.3 is 20.6 Å². The van der Waals surface area contributed by atoms with Gasteiger partial charge in [0.2, 0.25) is 0 Å². The topological polar surface area (TPSA) is 89.1 Å². The van der Waals surface area contributed by atoms with Crippen LogP contribution in [-0.2, 0) is 0 Å². The van der Waals surface area contributed by atoms with Crippen LogP contribution in [0.4, 0.5) is 5.82 Å². The van der Waals surface area contributed by atoms with Crippen molar-refractivity contribution in [3.63, 3.8) is 0 Å². The summed E-state index contributed by atoms with van der Waals surface area (Å²) in [7, 11) is 0. The molecule has 0 aliphatic heterocycles. The number of benzene rings is 2. The molecule has 0 radical (unpaired) electrons. The van der Waals surface area contributed by atoms with Crippen molar-refractivity contribution < 1.29 is 9.84 Å². The number of anilines is 1. The first kappa shape index (κ1) is 17.0. The summed E-state index contributed by atoms with van der Waals surface area (Å²) in [4.78, 5) is 7.77. The maximum Gasteiger partial charge on any atom is 0.146 e. The van der Waals surface area contributed by atoms with Crippen LogP contribution in [0.2, 0.25) is 0 Å². The summed E-state index contributed by atoms with van der Waals surface area (Å²) < 4.78 is 7.78. The van der Waals surface area contributed by atoms with Crippen LogP contribution in [0.5, 0.6) is 11.5 Å². The molecule has 2 aromatic heterocycles. The van der Waals surface area contributed by atoms with Gasteiger partial charge in [0.15, 0.2) is 0 Å². The zero-order chi connectivity index (χ0) is 19.2. The second-order valence-electron chi connectivity index (χ2n) is 7.43. The lowest BCUT2D eigenvalue weighted by atomic mass is 10.2. The lowest BCUT2D eigenvalue weighted by Gasteiger charge is -2.23. The van der Waals surface area contributed by atoms with Gasteiger partial charge in [-0.15, -0.1) is 0 Å². The predicted molar refractivity (Wildman–Crippen MR) is 107 cm³/mol. The number of nitrogen functional groups attached to an aromatic ring is 1. The fourth-order valence-electron chi connectivity index (χ4n) is 3.09. The minimum Gasteiger partial charge on any atom is -0.505 e.